The Labute approximate surface area is 219 Å². The maximum absolute atomic E-state index is 13.6. The SMILES string of the molecule is CCc1oc(CC(O)c2cc(C3C4CCN3COC4)cc(N(CC(F)(F)F)C(=O)OC(C)(C)C)n2)nc1C. The molecule has 9 nitrogen and oxygen atoms in total. The van der Waals surface area contributed by atoms with E-state index in [2.05, 4.69) is 14.9 Å². The van der Waals surface area contributed by atoms with E-state index in [9.17, 15) is 23.1 Å². The fraction of sp³-hybridized carbons (Fsp3) is 0.654. The molecule has 38 heavy (non-hydrogen) atoms. The topological polar surface area (TPSA) is 101 Å². The number of fused-ring (bicyclic) bond motifs is 2. The summed E-state index contributed by atoms with van der Waals surface area (Å²) in [6, 6.07) is 3.03. The number of hydrogen-bond acceptors (Lipinski definition) is 8. The van der Waals surface area contributed by atoms with Crippen molar-refractivity contribution in [3.8, 4) is 0 Å². The quantitative estimate of drug-likeness (QED) is 0.531. The number of halogens is 3. The van der Waals surface area contributed by atoms with Crippen molar-refractivity contribution >= 4 is 11.9 Å². The largest absolute Gasteiger partial charge is 0.445 e. The number of ether oxygens (including phenoxy) is 2. The average molecular weight is 541 g/mol. The predicted molar refractivity (Wildman–Crippen MR) is 132 cm³/mol. The van der Waals surface area contributed by atoms with Gasteiger partial charge in [-0.15, -0.1) is 0 Å². The van der Waals surface area contributed by atoms with E-state index in [0.29, 0.717) is 47.6 Å². The Morgan fingerprint density at radius 1 is 1.29 bits per heavy atom. The Hall–Kier alpha value is -2.70. The zero-order valence-electron chi connectivity index (χ0n) is 22.3. The number of hydrogen-bond donors (Lipinski definition) is 1. The van der Waals surface area contributed by atoms with E-state index >= 15 is 0 Å². The van der Waals surface area contributed by atoms with Gasteiger partial charge in [-0.2, -0.15) is 13.2 Å². The van der Waals surface area contributed by atoms with Crippen LogP contribution in [0.25, 0.3) is 0 Å². The van der Waals surface area contributed by atoms with Gasteiger partial charge in [0.2, 0.25) is 0 Å². The molecular formula is C26H35F3N4O5. The van der Waals surface area contributed by atoms with E-state index in [1.54, 1.807) is 33.8 Å². The van der Waals surface area contributed by atoms with E-state index in [-0.39, 0.29) is 29.9 Å². The van der Waals surface area contributed by atoms with E-state index in [0.717, 1.165) is 13.0 Å². The van der Waals surface area contributed by atoms with Crippen LogP contribution in [-0.2, 0) is 22.3 Å². The highest BCUT2D eigenvalue weighted by Gasteiger charge is 2.41. The smallest absolute Gasteiger partial charge is 0.416 e. The molecule has 2 aromatic rings. The Morgan fingerprint density at radius 3 is 2.63 bits per heavy atom. The van der Waals surface area contributed by atoms with Gasteiger partial charge >= 0.3 is 12.3 Å². The monoisotopic (exact) mass is 540 g/mol. The van der Waals surface area contributed by atoms with Gasteiger partial charge in [0.1, 0.15) is 29.8 Å². The molecular weight excluding hydrogens is 505 g/mol. The number of aromatic nitrogens is 2. The summed E-state index contributed by atoms with van der Waals surface area (Å²) in [4.78, 5) is 24.2. The summed E-state index contributed by atoms with van der Waals surface area (Å²) in [6.07, 6.45) is -5.63. The molecule has 4 unspecified atom stereocenters. The minimum atomic E-state index is -4.71. The van der Waals surface area contributed by atoms with Gasteiger partial charge in [0.05, 0.1) is 31.1 Å². The van der Waals surface area contributed by atoms with E-state index in [1.807, 2.05) is 6.92 Å². The van der Waals surface area contributed by atoms with Gasteiger partial charge in [-0.3, -0.25) is 9.80 Å². The number of carbonyl (C=O) groups is 1. The molecule has 0 aliphatic carbocycles. The summed E-state index contributed by atoms with van der Waals surface area (Å²) < 4.78 is 57.5. The summed E-state index contributed by atoms with van der Waals surface area (Å²) in [7, 11) is 0. The number of pyridine rings is 1. The molecule has 12 heteroatoms. The molecule has 0 radical (unpaired) electrons. The summed E-state index contributed by atoms with van der Waals surface area (Å²) in [5, 5.41) is 11.1. The van der Waals surface area contributed by atoms with Crippen molar-refractivity contribution in [2.75, 3.05) is 31.3 Å². The second kappa shape index (κ2) is 10.8. The summed E-state index contributed by atoms with van der Waals surface area (Å²) >= 11 is 0. The standard InChI is InChI=1S/C26H35F3N4O5/c1-6-20-15(2)30-22(37-20)11-19(34)18-9-17(23-16-7-8-32(23)14-36-12-16)10-21(31-18)33(13-26(27,28)29)24(35)38-25(3,4)5/h9-10,16,19,23,34H,6-8,11-14H2,1-5H3. The van der Waals surface area contributed by atoms with Crippen molar-refractivity contribution in [1.29, 1.82) is 0 Å². The van der Waals surface area contributed by atoms with Crippen molar-refractivity contribution in [3.05, 3.63) is 40.7 Å². The van der Waals surface area contributed by atoms with E-state index in [4.69, 9.17) is 13.9 Å². The van der Waals surface area contributed by atoms with Crippen LogP contribution in [-0.4, -0.2) is 64.3 Å². The minimum Gasteiger partial charge on any atom is -0.445 e. The maximum atomic E-state index is 13.6. The lowest BCUT2D eigenvalue weighted by atomic mass is 9.93. The van der Waals surface area contributed by atoms with Gasteiger partial charge in [-0.05, 0) is 51.8 Å². The first-order valence-electron chi connectivity index (χ1n) is 12.8. The van der Waals surface area contributed by atoms with Crippen LogP contribution in [0.3, 0.4) is 0 Å². The molecule has 4 rings (SSSR count). The first-order chi connectivity index (χ1) is 17.7. The first-order valence-corrected chi connectivity index (χ1v) is 12.8. The first kappa shape index (κ1) is 28.3. The second-order valence-electron chi connectivity index (χ2n) is 10.9. The van der Waals surface area contributed by atoms with Crippen LogP contribution in [0.1, 0.15) is 74.9 Å². The Morgan fingerprint density at radius 2 is 2.03 bits per heavy atom. The Bertz CT molecular complexity index is 1130. The normalized spacial score (nSPS) is 22.4. The van der Waals surface area contributed by atoms with Gasteiger partial charge in [0.15, 0.2) is 5.89 Å². The predicted octanol–water partition coefficient (Wildman–Crippen LogP) is 4.87. The highest BCUT2D eigenvalue weighted by atomic mass is 19.4. The number of oxazole rings is 1. The van der Waals surface area contributed by atoms with Gasteiger partial charge in [-0.1, -0.05) is 6.92 Å². The van der Waals surface area contributed by atoms with Gasteiger partial charge in [0.25, 0.3) is 0 Å². The van der Waals surface area contributed by atoms with Crippen LogP contribution < -0.4 is 4.90 Å². The molecule has 2 aliphatic rings. The molecule has 2 bridgehead atoms. The zero-order valence-corrected chi connectivity index (χ0v) is 22.3. The summed E-state index contributed by atoms with van der Waals surface area (Å²) in [5.41, 5.74) is 0.467. The summed E-state index contributed by atoms with van der Waals surface area (Å²) in [6.45, 7) is 8.55. The molecule has 210 valence electrons. The minimum absolute atomic E-state index is 0.0244. The third-order valence-corrected chi connectivity index (χ3v) is 6.61. The molecule has 1 amide bonds. The van der Waals surface area contributed by atoms with E-state index in [1.165, 1.54) is 6.07 Å². The van der Waals surface area contributed by atoms with Crippen molar-refractivity contribution in [2.45, 2.75) is 77.8 Å². The molecule has 0 spiro atoms. The van der Waals surface area contributed by atoms with Crippen LogP contribution in [0.15, 0.2) is 16.5 Å². The third-order valence-electron chi connectivity index (χ3n) is 6.61. The van der Waals surface area contributed by atoms with Crippen LogP contribution in [0.5, 0.6) is 0 Å². The molecule has 0 saturated carbocycles. The fourth-order valence-electron chi connectivity index (χ4n) is 5.00. The van der Waals surface area contributed by atoms with Gasteiger partial charge < -0.3 is 19.0 Å². The molecule has 2 fully saturated rings. The highest BCUT2D eigenvalue weighted by molar-refractivity contribution is 5.87. The number of amides is 1. The number of nitrogens with zero attached hydrogens (tertiary/aromatic N) is 4. The molecule has 4 heterocycles. The third kappa shape index (κ3) is 6.65. The molecule has 2 aromatic heterocycles. The highest BCUT2D eigenvalue weighted by Crippen LogP contribution is 2.42. The van der Waals surface area contributed by atoms with Crippen molar-refractivity contribution < 1.29 is 37.0 Å². The number of anilines is 1. The second-order valence-corrected chi connectivity index (χ2v) is 10.9. The van der Waals surface area contributed by atoms with Crippen LogP contribution in [0, 0.1) is 12.8 Å². The lowest BCUT2D eigenvalue weighted by molar-refractivity contribution is -0.119. The van der Waals surface area contributed by atoms with Gasteiger partial charge in [-0.25, -0.2) is 14.8 Å². The van der Waals surface area contributed by atoms with Crippen molar-refractivity contribution in [1.82, 2.24) is 14.9 Å². The number of aliphatic hydroxyl groups is 1. The lowest BCUT2D eigenvalue weighted by Gasteiger charge is -2.34. The molecule has 4 atom stereocenters. The lowest BCUT2D eigenvalue weighted by Crippen LogP contribution is -2.43. The molecule has 2 saturated heterocycles. The Kier molecular flexibility index (Phi) is 8.06. The number of aliphatic hydroxyl groups excluding tert-OH is 1. The molecule has 0 aromatic carbocycles. The number of alkyl halides is 3. The maximum Gasteiger partial charge on any atom is 0.416 e. The van der Waals surface area contributed by atoms with Gasteiger partial charge in [0, 0.05) is 24.9 Å². The zero-order chi connectivity index (χ0) is 27.8. The number of aryl methyl sites for hydroxylation is 2. The fourth-order valence-corrected chi connectivity index (χ4v) is 5.00. The van der Waals surface area contributed by atoms with Crippen LogP contribution in [0.2, 0.25) is 0 Å². The Balaban J connectivity index is 1.75. The van der Waals surface area contributed by atoms with E-state index < -0.39 is 30.5 Å². The molecule has 1 N–H and O–H groups in total. The van der Waals surface area contributed by atoms with Crippen molar-refractivity contribution in [2.24, 2.45) is 5.92 Å². The number of rotatable bonds is 7. The van der Waals surface area contributed by atoms with Crippen LogP contribution in [0.4, 0.5) is 23.8 Å². The number of carbonyl (C=O) groups excluding carboxylic acids is 1. The summed E-state index contributed by atoms with van der Waals surface area (Å²) in [5.74, 6) is 0.883. The van der Waals surface area contributed by atoms with Crippen LogP contribution >= 0.6 is 0 Å². The van der Waals surface area contributed by atoms with Crippen molar-refractivity contribution in [3.63, 3.8) is 0 Å². The molecule has 2 aliphatic heterocycles. The average Bonchev–Trinajstić information content (AvgIpc) is 3.29.